The first kappa shape index (κ1) is 20.6. The molecule has 0 amide bonds. The van der Waals surface area contributed by atoms with E-state index in [1.807, 2.05) is 18.2 Å². The molecule has 0 spiro atoms. The first-order valence-corrected chi connectivity index (χ1v) is 9.70. The summed E-state index contributed by atoms with van der Waals surface area (Å²) < 4.78 is 11.4. The average Bonchev–Trinajstić information content (AvgIpc) is 2.63. The summed E-state index contributed by atoms with van der Waals surface area (Å²) in [6, 6.07) is 8.04. The van der Waals surface area contributed by atoms with Gasteiger partial charge >= 0.3 is 0 Å². The van der Waals surface area contributed by atoms with Gasteiger partial charge in [0.2, 0.25) is 0 Å². The molecule has 2 rings (SSSR count). The van der Waals surface area contributed by atoms with Gasteiger partial charge in [-0.25, -0.2) is 4.99 Å². The van der Waals surface area contributed by atoms with Gasteiger partial charge < -0.3 is 20.1 Å². The maximum Gasteiger partial charge on any atom is 0.191 e. The molecule has 1 aromatic carbocycles. The fourth-order valence-corrected chi connectivity index (χ4v) is 3.52. The van der Waals surface area contributed by atoms with E-state index in [4.69, 9.17) is 14.5 Å². The molecular formula is C21H35N3O2. The van der Waals surface area contributed by atoms with E-state index in [1.165, 1.54) is 6.42 Å². The van der Waals surface area contributed by atoms with Crippen molar-refractivity contribution in [3.05, 3.63) is 29.8 Å². The van der Waals surface area contributed by atoms with Crippen LogP contribution in [0.4, 0.5) is 0 Å². The van der Waals surface area contributed by atoms with Crippen molar-refractivity contribution in [1.29, 1.82) is 0 Å². The molecule has 0 radical (unpaired) electrons. The monoisotopic (exact) mass is 361 g/mol. The van der Waals surface area contributed by atoms with Gasteiger partial charge in [-0.1, -0.05) is 32.9 Å². The fraction of sp³-hybridized carbons (Fsp3) is 0.667. The zero-order chi connectivity index (χ0) is 19.0. The highest BCUT2D eigenvalue weighted by Crippen LogP contribution is 2.33. The van der Waals surface area contributed by atoms with E-state index in [0.717, 1.165) is 43.4 Å². The maximum absolute atomic E-state index is 6.09. The van der Waals surface area contributed by atoms with Crippen molar-refractivity contribution in [2.45, 2.75) is 53.2 Å². The normalized spacial score (nSPS) is 21.3. The van der Waals surface area contributed by atoms with Gasteiger partial charge in [0.15, 0.2) is 5.96 Å². The van der Waals surface area contributed by atoms with E-state index in [-0.39, 0.29) is 11.5 Å². The molecule has 0 aromatic heterocycles. The molecule has 0 bridgehead atoms. The Hall–Kier alpha value is -1.75. The van der Waals surface area contributed by atoms with Crippen molar-refractivity contribution in [2.24, 2.45) is 16.3 Å². The Balaban J connectivity index is 1.98. The van der Waals surface area contributed by atoms with Crippen LogP contribution in [0.5, 0.6) is 5.75 Å². The molecule has 0 aliphatic carbocycles. The number of rotatable bonds is 6. The molecule has 5 nitrogen and oxygen atoms in total. The molecule has 1 aliphatic heterocycles. The van der Waals surface area contributed by atoms with Crippen LogP contribution >= 0.6 is 0 Å². The smallest absolute Gasteiger partial charge is 0.191 e. The summed E-state index contributed by atoms with van der Waals surface area (Å²) in [6.07, 6.45) is 2.62. The van der Waals surface area contributed by atoms with E-state index in [2.05, 4.69) is 44.4 Å². The standard InChI is InChI=1S/C21H35N3O2/c1-6-22-20(23-14-16-9-7-11-18(13-16)25-5)24-15-17-10-8-12-26-19(17)21(2,3)4/h7,9,11,13,17,19H,6,8,10,12,14-15H2,1-5H3,(H2,22,23,24). The second kappa shape index (κ2) is 9.81. The molecular weight excluding hydrogens is 326 g/mol. The molecule has 2 atom stereocenters. The predicted octanol–water partition coefficient (Wildman–Crippen LogP) is 3.59. The van der Waals surface area contributed by atoms with Crippen LogP contribution in [-0.2, 0) is 11.3 Å². The Morgan fingerprint density at radius 2 is 2.12 bits per heavy atom. The molecule has 2 N–H and O–H groups in total. The van der Waals surface area contributed by atoms with Crippen LogP contribution in [0.1, 0.15) is 46.1 Å². The molecule has 0 saturated carbocycles. The number of hydrogen-bond donors (Lipinski definition) is 2. The van der Waals surface area contributed by atoms with Gasteiger partial charge in [-0.2, -0.15) is 0 Å². The predicted molar refractivity (Wildman–Crippen MR) is 108 cm³/mol. The molecule has 1 heterocycles. The van der Waals surface area contributed by atoms with Crippen molar-refractivity contribution in [3.8, 4) is 5.75 Å². The lowest BCUT2D eigenvalue weighted by Gasteiger charge is -2.40. The molecule has 2 unspecified atom stereocenters. The topological polar surface area (TPSA) is 54.9 Å². The van der Waals surface area contributed by atoms with E-state index >= 15 is 0 Å². The Kier molecular flexibility index (Phi) is 7.76. The lowest BCUT2D eigenvalue weighted by atomic mass is 9.78. The number of guanidine groups is 1. The van der Waals surface area contributed by atoms with Crippen LogP contribution in [0, 0.1) is 11.3 Å². The Morgan fingerprint density at radius 3 is 2.81 bits per heavy atom. The molecule has 26 heavy (non-hydrogen) atoms. The van der Waals surface area contributed by atoms with Gasteiger partial charge in [0.25, 0.3) is 0 Å². The summed E-state index contributed by atoms with van der Waals surface area (Å²) >= 11 is 0. The van der Waals surface area contributed by atoms with Gasteiger partial charge in [0, 0.05) is 25.6 Å². The zero-order valence-electron chi connectivity index (χ0n) is 17.0. The average molecular weight is 362 g/mol. The highest BCUT2D eigenvalue weighted by Gasteiger charge is 2.35. The highest BCUT2D eigenvalue weighted by molar-refractivity contribution is 5.79. The van der Waals surface area contributed by atoms with Gasteiger partial charge in [-0.15, -0.1) is 0 Å². The molecule has 1 aromatic rings. The molecule has 1 saturated heterocycles. The van der Waals surface area contributed by atoms with Gasteiger partial charge in [0.05, 0.1) is 19.8 Å². The van der Waals surface area contributed by atoms with E-state index < -0.39 is 0 Å². The van der Waals surface area contributed by atoms with Crippen molar-refractivity contribution in [1.82, 2.24) is 10.6 Å². The summed E-state index contributed by atoms with van der Waals surface area (Å²) in [5.74, 6) is 2.22. The lowest BCUT2D eigenvalue weighted by Crippen LogP contribution is -2.47. The van der Waals surface area contributed by atoms with Crippen LogP contribution in [0.3, 0.4) is 0 Å². The van der Waals surface area contributed by atoms with E-state index in [9.17, 15) is 0 Å². The second-order valence-corrected chi connectivity index (χ2v) is 7.99. The first-order chi connectivity index (χ1) is 12.4. The minimum absolute atomic E-state index is 0.156. The van der Waals surface area contributed by atoms with Crippen molar-refractivity contribution < 1.29 is 9.47 Å². The van der Waals surface area contributed by atoms with E-state index in [0.29, 0.717) is 12.5 Å². The van der Waals surface area contributed by atoms with Crippen molar-refractivity contribution >= 4 is 5.96 Å². The van der Waals surface area contributed by atoms with E-state index in [1.54, 1.807) is 7.11 Å². The summed E-state index contributed by atoms with van der Waals surface area (Å²) in [5, 5.41) is 6.86. The molecule has 5 heteroatoms. The zero-order valence-corrected chi connectivity index (χ0v) is 17.0. The largest absolute Gasteiger partial charge is 0.497 e. The van der Waals surface area contributed by atoms with Crippen LogP contribution in [0.2, 0.25) is 0 Å². The number of aliphatic imine (C=N–C) groups is 1. The minimum atomic E-state index is 0.156. The third-order valence-electron chi connectivity index (χ3n) is 4.73. The third kappa shape index (κ3) is 6.20. The number of ether oxygens (including phenoxy) is 2. The van der Waals surface area contributed by atoms with Crippen molar-refractivity contribution in [2.75, 3.05) is 26.8 Å². The third-order valence-corrected chi connectivity index (χ3v) is 4.73. The Morgan fingerprint density at radius 1 is 1.31 bits per heavy atom. The SMILES string of the molecule is CCNC(=NCc1cccc(OC)c1)NCC1CCCOC1C(C)(C)C. The lowest BCUT2D eigenvalue weighted by molar-refractivity contribution is -0.0835. The molecule has 1 aliphatic rings. The number of nitrogens with zero attached hydrogens (tertiary/aromatic N) is 1. The van der Waals surface area contributed by atoms with Gasteiger partial charge in [-0.05, 0) is 42.9 Å². The van der Waals surface area contributed by atoms with Gasteiger partial charge in [0.1, 0.15) is 5.75 Å². The molecule has 146 valence electrons. The number of hydrogen-bond acceptors (Lipinski definition) is 3. The molecule has 1 fully saturated rings. The first-order valence-electron chi connectivity index (χ1n) is 9.70. The highest BCUT2D eigenvalue weighted by atomic mass is 16.5. The summed E-state index contributed by atoms with van der Waals surface area (Å²) in [5.41, 5.74) is 1.29. The summed E-state index contributed by atoms with van der Waals surface area (Å²) in [6.45, 7) is 12.1. The summed E-state index contributed by atoms with van der Waals surface area (Å²) in [7, 11) is 1.69. The minimum Gasteiger partial charge on any atom is -0.497 e. The Bertz CT molecular complexity index is 581. The summed E-state index contributed by atoms with van der Waals surface area (Å²) in [4.78, 5) is 4.73. The maximum atomic E-state index is 6.09. The van der Waals surface area contributed by atoms with Crippen LogP contribution in [0.25, 0.3) is 0 Å². The second-order valence-electron chi connectivity index (χ2n) is 7.99. The van der Waals surface area contributed by atoms with Crippen LogP contribution in [0.15, 0.2) is 29.3 Å². The van der Waals surface area contributed by atoms with Crippen molar-refractivity contribution in [3.63, 3.8) is 0 Å². The number of methoxy groups -OCH3 is 1. The quantitative estimate of drug-likeness (QED) is 0.600. The number of benzene rings is 1. The van der Waals surface area contributed by atoms with Crippen LogP contribution in [-0.4, -0.2) is 38.9 Å². The number of nitrogens with one attached hydrogen (secondary N) is 2. The fourth-order valence-electron chi connectivity index (χ4n) is 3.52. The van der Waals surface area contributed by atoms with Crippen LogP contribution < -0.4 is 15.4 Å². The Labute approximate surface area is 158 Å². The van der Waals surface area contributed by atoms with Gasteiger partial charge in [-0.3, -0.25) is 0 Å².